The Kier molecular flexibility index (Phi) is 5.87. The smallest absolute Gasteiger partial charge is 0.0860 e. The molecule has 0 amide bonds. The number of aryl methyl sites for hydroxylation is 2. The molecule has 2 heterocycles. The minimum absolute atomic E-state index is 0.674. The van der Waals surface area contributed by atoms with Crippen molar-refractivity contribution >= 4 is 11.6 Å². The van der Waals surface area contributed by atoms with Crippen LogP contribution in [0.1, 0.15) is 44.0 Å². The minimum atomic E-state index is 0.674. The molecule has 4 nitrogen and oxygen atoms in total. The van der Waals surface area contributed by atoms with Gasteiger partial charge in [0.15, 0.2) is 0 Å². The molecule has 1 aromatic rings. The zero-order valence-electron chi connectivity index (χ0n) is 13.0. The summed E-state index contributed by atoms with van der Waals surface area (Å²) in [6.07, 6.45) is 5.17. The zero-order valence-corrected chi connectivity index (χ0v) is 13.7. The molecule has 0 aliphatic carbocycles. The van der Waals surface area contributed by atoms with Crippen molar-refractivity contribution in [1.29, 1.82) is 0 Å². The first-order chi connectivity index (χ1) is 9.67. The fourth-order valence-electron chi connectivity index (χ4n) is 3.12. The SMILES string of the molecule is CCn1nc(C)c(Cl)c1CN1CCCCC1CCNC. The van der Waals surface area contributed by atoms with Gasteiger partial charge in [0.2, 0.25) is 0 Å². The van der Waals surface area contributed by atoms with Crippen molar-refractivity contribution in [3.05, 3.63) is 16.4 Å². The normalized spacial score (nSPS) is 20.5. The van der Waals surface area contributed by atoms with Gasteiger partial charge < -0.3 is 5.32 Å². The molecule has 114 valence electrons. The lowest BCUT2D eigenvalue weighted by Gasteiger charge is -2.36. The molecule has 2 rings (SSSR count). The Morgan fingerprint density at radius 1 is 1.40 bits per heavy atom. The molecular weight excluding hydrogens is 272 g/mol. The summed E-state index contributed by atoms with van der Waals surface area (Å²) in [5.41, 5.74) is 2.13. The summed E-state index contributed by atoms with van der Waals surface area (Å²) in [7, 11) is 2.03. The molecular formula is C15H27ClN4. The van der Waals surface area contributed by atoms with Crippen molar-refractivity contribution in [2.75, 3.05) is 20.1 Å². The average molecular weight is 299 g/mol. The molecule has 1 fully saturated rings. The van der Waals surface area contributed by atoms with E-state index in [0.717, 1.165) is 30.4 Å². The molecule has 1 saturated heterocycles. The first-order valence-electron chi connectivity index (χ1n) is 7.77. The molecule has 1 aliphatic heterocycles. The Balaban J connectivity index is 2.10. The Hall–Kier alpha value is -0.580. The summed E-state index contributed by atoms with van der Waals surface area (Å²) in [6.45, 7) is 8.20. The van der Waals surface area contributed by atoms with Crippen LogP contribution in [0.25, 0.3) is 0 Å². The van der Waals surface area contributed by atoms with E-state index in [9.17, 15) is 0 Å². The van der Waals surface area contributed by atoms with Crippen molar-refractivity contribution in [2.24, 2.45) is 0 Å². The summed E-state index contributed by atoms with van der Waals surface area (Å²) >= 11 is 6.44. The maximum absolute atomic E-state index is 6.44. The third-order valence-corrected chi connectivity index (χ3v) is 4.77. The van der Waals surface area contributed by atoms with Gasteiger partial charge in [0.05, 0.1) is 16.4 Å². The topological polar surface area (TPSA) is 33.1 Å². The van der Waals surface area contributed by atoms with E-state index >= 15 is 0 Å². The van der Waals surface area contributed by atoms with Gasteiger partial charge in [-0.2, -0.15) is 5.10 Å². The standard InChI is InChI=1S/C15H27ClN4/c1-4-20-14(15(16)12(2)18-20)11-19-10-6-5-7-13(19)8-9-17-3/h13,17H,4-11H2,1-3H3. The first-order valence-corrected chi connectivity index (χ1v) is 8.15. The lowest BCUT2D eigenvalue weighted by Crippen LogP contribution is -2.40. The van der Waals surface area contributed by atoms with Crippen LogP contribution >= 0.6 is 11.6 Å². The number of nitrogens with zero attached hydrogens (tertiary/aromatic N) is 3. The fraction of sp³-hybridized carbons (Fsp3) is 0.800. The van der Waals surface area contributed by atoms with Crippen molar-refractivity contribution < 1.29 is 0 Å². The van der Waals surface area contributed by atoms with E-state index in [-0.39, 0.29) is 0 Å². The first kappa shape index (κ1) is 15.8. The molecule has 1 atom stereocenters. The maximum Gasteiger partial charge on any atom is 0.0860 e. The molecule has 1 aliphatic rings. The van der Waals surface area contributed by atoms with Gasteiger partial charge in [-0.05, 0) is 53.2 Å². The van der Waals surface area contributed by atoms with E-state index in [4.69, 9.17) is 11.6 Å². The van der Waals surface area contributed by atoms with Gasteiger partial charge in [0, 0.05) is 19.1 Å². The number of likely N-dealkylation sites (tertiary alicyclic amines) is 1. The van der Waals surface area contributed by atoms with Gasteiger partial charge in [-0.1, -0.05) is 18.0 Å². The van der Waals surface area contributed by atoms with E-state index in [0.29, 0.717) is 6.04 Å². The fourth-order valence-corrected chi connectivity index (χ4v) is 3.31. The second kappa shape index (κ2) is 7.43. The van der Waals surface area contributed by atoms with Crippen molar-refractivity contribution in [3.8, 4) is 0 Å². The van der Waals surface area contributed by atoms with Crippen molar-refractivity contribution in [2.45, 2.75) is 58.7 Å². The molecule has 5 heteroatoms. The average Bonchev–Trinajstić information content (AvgIpc) is 2.74. The summed E-state index contributed by atoms with van der Waals surface area (Å²) in [4.78, 5) is 2.59. The number of hydrogen-bond donors (Lipinski definition) is 1. The highest BCUT2D eigenvalue weighted by Gasteiger charge is 2.24. The van der Waals surface area contributed by atoms with E-state index in [2.05, 4.69) is 26.9 Å². The lowest BCUT2D eigenvalue weighted by atomic mass is 9.99. The van der Waals surface area contributed by atoms with Crippen molar-refractivity contribution in [3.63, 3.8) is 0 Å². The number of aromatic nitrogens is 2. The highest BCUT2D eigenvalue weighted by molar-refractivity contribution is 6.31. The van der Waals surface area contributed by atoms with E-state index < -0.39 is 0 Å². The van der Waals surface area contributed by atoms with E-state index in [1.165, 1.54) is 37.9 Å². The zero-order chi connectivity index (χ0) is 14.5. The van der Waals surface area contributed by atoms with Crippen LogP contribution < -0.4 is 5.32 Å². The molecule has 0 saturated carbocycles. The summed E-state index contributed by atoms with van der Waals surface area (Å²) in [6, 6.07) is 0.674. The number of hydrogen-bond acceptors (Lipinski definition) is 3. The number of halogens is 1. The third-order valence-electron chi connectivity index (χ3n) is 4.28. The quantitative estimate of drug-likeness (QED) is 0.877. The molecule has 0 spiro atoms. The Labute approximate surface area is 127 Å². The summed E-state index contributed by atoms with van der Waals surface area (Å²) < 4.78 is 2.06. The van der Waals surface area contributed by atoms with Gasteiger partial charge in [-0.15, -0.1) is 0 Å². The molecule has 1 unspecified atom stereocenters. The molecule has 0 radical (unpaired) electrons. The molecule has 0 aromatic carbocycles. The second-order valence-corrected chi connectivity index (χ2v) is 6.05. The van der Waals surface area contributed by atoms with E-state index in [1.54, 1.807) is 0 Å². The van der Waals surface area contributed by atoms with Crippen LogP contribution in [0.5, 0.6) is 0 Å². The van der Waals surface area contributed by atoms with Crippen molar-refractivity contribution in [1.82, 2.24) is 20.0 Å². The van der Waals surface area contributed by atoms with Crippen LogP contribution in [0.15, 0.2) is 0 Å². The number of rotatable bonds is 6. The van der Waals surface area contributed by atoms with Crippen LogP contribution in [0.3, 0.4) is 0 Å². The third kappa shape index (κ3) is 3.54. The monoisotopic (exact) mass is 298 g/mol. The Morgan fingerprint density at radius 2 is 2.20 bits per heavy atom. The highest BCUT2D eigenvalue weighted by Crippen LogP contribution is 2.26. The second-order valence-electron chi connectivity index (χ2n) is 5.67. The van der Waals surface area contributed by atoms with Gasteiger partial charge in [0.1, 0.15) is 0 Å². The van der Waals surface area contributed by atoms with Crippen LogP contribution in [-0.4, -0.2) is 40.9 Å². The van der Waals surface area contributed by atoms with Crippen LogP contribution in [0.4, 0.5) is 0 Å². The van der Waals surface area contributed by atoms with Gasteiger partial charge in [-0.25, -0.2) is 0 Å². The molecule has 1 N–H and O–H groups in total. The Bertz CT molecular complexity index is 430. The van der Waals surface area contributed by atoms with Gasteiger partial charge >= 0.3 is 0 Å². The predicted octanol–water partition coefficient (Wildman–Crippen LogP) is 2.83. The van der Waals surface area contributed by atoms with Crippen LogP contribution in [0.2, 0.25) is 5.02 Å². The van der Waals surface area contributed by atoms with Crippen LogP contribution in [-0.2, 0) is 13.1 Å². The molecule has 1 aromatic heterocycles. The van der Waals surface area contributed by atoms with Gasteiger partial charge in [-0.3, -0.25) is 9.58 Å². The minimum Gasteiger partial charge on any atom is -0.320 e. The largest absolute Gasteiger partial charge is 0.320 e. The maximum atomic E-state index is 6.44. The van der Waals surface area contributed by atoms with Gasteiger partial charge in [0.25, 0.3) is 0 Å². The number of piperidine rings is 1. The Morgan fingerprint density at radius 3 is 2.90 bits per heavy atom. The highest BCUT2D eigenvalue weighted by atomic mass is 35.5. The van der Waals surface area contributed by atoms with Crippen LogP contribution in [0, 0.1) is 6.92 Å². The number of nitrogens with one attached hydrogen (secondary N) is 1. The summed E-state index contributed by atoms with van der Waals surface area (Å²) in [5, 5.41) is 8.65. The molecule has 0 bridgehead atoms. The molecule has 20 heavy (non-hydrogen) atoms. The predicted molar refractivity (Wildman–Crippen MR) is 84.2 cm³/mol. The van der Waals surface area contributed by atoms with E-state index in [1.807, 2.05) is 14.0 Å². The summed E-state index contributed by atoms with van der Waals surface area (Å²) in [5.74, 6) is 0. The lowest BCUT2D eigenvalue weighted by molar-refractivity contribution is 0.129.